The molecule has 3 nitrogen and oxygen atoms in total. The topological polar surface area (TPSA) is 50.4 Å². The molecule has 2 rings (SSSR count). The van der Waals surface area contributed by atoms with Gasteiger partial charge in [0, 0.05) is 5.39 Å². The minimum Gasteiger partial charge on any atom is -0.475 e. The van der Waals surface area contributed by atoms with Crippen molar-refractivity contribution >= 4 is 16.9 Å². The molecule has 86 valence electrons. The van der Waals surface area contributed by atoms with Crippen molar-refractivity contribution in [1.29, 1.82) is 0 Å². The average molecular weight is 232 g/mol. The number of halogens is 3. The van der Waals surface area contributed by atoms with Crippen LogP contribution in [0.15, 0.2) is 41.0 Å². The number of carbonyl (C=O) groups is 1. The Morgan fingerprint density at radius 2 is 1.75 bits per heavy atom. The third kappa shape index (κ3) is 3.30. The summed E-state index contributed by atoms with van der Waals surface area (Å²) >= 11 is 0. The zero-order valence-corrected chi connectivity index (χ0v) is 7.86. The molecule has 16 heavy (non-hydrogen) atoms. The van der Waals surface area contributed by atoms with Gasteiger partial charge >= 0.3 is 12.1 Å². The zero-order chi connectivity index (χ0) is 12.2. The summed E-state index contributed by atoms with van der Waals surface area (Å²) in [6.07, 6.45) is -3.38. The van der Waals surface area contributed by atoms with E-state index in [1.54, 1.807) is 6.26 Å². The van der Waals surface area contributed by atoms with Gasteiger partial charge in [-0.15, -0.1) is 0 Å². The molecular formula is C10H7F3O3. The Morgan fingerprint density at radius 3 is 2.25 bits per heavy atom. The Kier molecular flexibility index (Phi) is 3.55. The Bertz CT molecular complexity index is 443. The fourth-order valence-corrected chi connectivity index (χ4v) is 0.906. The first-order valence-electron chi connectivity index (χ1n) is 4.13. The molecule has 1 aromatic heterocycles. The van der Waals surface area contributed by atoms with Gasteiger partial charge < -0.3 is 9.52 Å². The summed E-state index contributed by atoms with van der Waals surface area (Å²) in [7, 11) is 0. The van der Waals surface area contributed by atoms with Gasteiger partial charge in [0.05, 0.1) is 6.26 Å². The van der Waals surface area contributed by atoms with Crippen molar-refractivity contribution in [3.63, 3.8) is 0 Å². The fourth-order valence-electron chi connectivity index (χ4n) is 0.906. The first-order valence-corrected chi connectivity index (χ1v) is 4.13. The Hall–Kier alpha value is -1.98. The van der Waals surface area contributed by atoms with Crippen LogP contribution in [0, 0.1) is 0 Å². The van der Waals surface area contributed by atoms with Crippen molar-refractivity contribution in [2.24, 2.45) is 0 Å². The van der Waals surface area contributed by atoms with Crippen LogP contribution in [-0.4, -0.2) is 17.3 Å². The maximum atomic E-state index is 10.6. The monoisotopic (exact) mass is 232 g/mol. The van der Waals surface area contributed by atoms with Gasteiger partial charge in [0.15, 0.2) is 0 Å². The van der Waals surface area contributed by atoms with Gasteiger partial charge in [-0.3, -0.25) is 0 Å². The smallest absolute Gasteiger partial charge is 0.475 e. The van der Waals surface area contributed by atoms with E-state index in [0.717, 1.165) is 11.0 Å². The number of benzene rings is 1. The second-order valence-corrected chi connectivity index (χ2v) is 2.76. The van der Waals surface area contributed by atoms with Crippen molar-refractivity contribution in [2.45, 2.75) is 6.18 Å². The predicted molar refractivity (Wildman–Crippen MR) is 49.9 cm³/mol. The third-order valence-electron chi connectivity index (χ3n) is 1.60. The summed E-state index contributed by atoms with van der Waals surface area (Å²) in [6.45, 7) is 0. The molecule has 0 fully saturated rings. The molecule has 1 aromatic carbocycles. The van der Waals surface area contributed by atoms with Crippen LogP contribution >= 0.6 is 0 Å². The Labute approximate surface area is 88.1 Å². The van der Waals surface area contributed by atoms with E-state index in [1.165, 1.54) is 0 Å². The van der Waals surface area contributed by atoms with Crippen LogP contribution in [0.4, 0.5) is 13.2 Å². The number of rotatable bonds is 0. The number of furan rings is 1. The quantitative estimate of drug-likeness (QED) is 0.759. The first-order chi connectivity index (χ1) is 7.41. The standard InChI is InChI=1S/C8H6O.C2HF3O2/c1-2-4-8-7(3-1)5-6-9-8;3-2(4,5)1(6)7/h1-6H;(H,6,7). The van der Waals surface area contributed by atoms with E-state index in [2.05, 4.69) is 0 Å². The predicted octanol–water partition coefficient (Wildman–Crippen LogP) is 3.07. The Morgan fingerprint density at radius 1 is 1.19 bits per heavy atom. The van der Waals surface area contributed by atoms with Gasteiger partial charge in [-0.1, -0.05) is 18.2 Å². The van der Waals surface area contributed by atoms with E-state index in [4.69, 9.17) is 14.3 Å². The molecule has 0 aliphatic heterocycles. The van der Waals surface area contributed by atoms with E-state index in [1.807, 2.05) is 30.3 Å². The molecule has 1 N–H and O–H groups in total. The number of hydrogen-bond acceptors (Lipinski definition) is 2. The molecule has 0 unspecified atom stereocenters. The second kappa shape index (κ2) is 4.69. The normalized spacial score (nSPS) is 10.7. The number of para-hydroxylation sites is 1. The van der Waals surface area contributed by atoms with E-state index in [-0.39, 0.29) is 0 Å². The second-order valence-electron chi connectivity index (χ2n) is 2.76. The number of alkyl halides is 3. The van der Waals surface area contributed by atoms with Crippen LogP contribution in [0.2, 0.25) is 0 Å². The first kappa shape index (κ1) is 12.1. The van der Waals surface area contributed by atoms with Crippen LogP contribution in [-0.2, 0) is 4.79 Å². The van der Waals surface area contributed by atoms with Gasteiger partial charge in [-0.05, 0) is 12.1 Å². The van der Waals surface area contributed by atoms with Gasteiger partial charge in [0.2, 0.25) is 0 Å². The maximum Gasteiger partial charge on any atom is 0.490 e. The minimum atomic E-state index is -5.08. The summed E-state index contributed by atoms with van der Waals surface area (Å²) < 4.78 is 36.9. The van der Waals surface area contributed by atoms with Crippen molar-refractivity contribution in [3.05, 3.63) is 36.6 Å². The maximum absolute atomic E-state index is 10.6. The number of carboxylic acids is 1. The van der Waals surface area contributed by atoms with Crippen molar-refractivity contribution in [3.8, 4) is 0 Å². The van der Waals surface area contributed by atoms with Gasteiger partial charge in [-0.25, -0.2) is 4.79 Å². The van der Waals surface area contributed by atoms with Gasteiger partial charge in [-0.2, -0.15) is 13.2 Å². The Balaban J connectivity index is 0.000000168. The van der Waals surface area contributed by atoms with Crippen molar-refractivity contribution < 1.29 is 27.5 Å². The molecule has 0 aliphatic rings. The molecule has 0 bridgehead atoms. The number of hydrogen-bond donors (Lipinski definition) is 1. The summed E-state index contributed by atoms with van der Waals surface area (Å²) in [5.41, 5.74) is 0.956. The van der Waals surface area contributed by atoms with Crippen molar-refractivity contribution in [2.75, 3.05) is 0 Å². The zero-order valence-electron chi connectivity index (χ0n) is 7.86. The molecule has 6 heteroatoms. The molecule has 1 heterocycles. The lowest BCUT2D eigenvalue weighted by molar-refractivity contribution is -0.192. The lowest BCUT2D eigenvalue weighted by Crippen LogP contribution is -2.21. The number of carboxylic acid groups (broad SMARTS) is 1. The largest absolute Gasteiger partial charge is 0.490 e. The van der Waals surface area contributed by atoms with E-state index >= 15 is 0 Å². The highest BCUT2D eigenvalue weighted by molar-refractivity contribution is 5.76. The van der Waals surface area contributed by atoms with E-state index in [0.29, 0.717) is 0 Å². The van der Waals surface area contributed by atoms with Gasteiger partial charge in [0.1, 0.15) is 5.58 Å². The molecule has 0 atom stereocenters. The number of aliphatic carboxylic acids is 1. The highest BCUT2D eigenvalue weighted by atomic mass is 19.4. The highest BCUT2D eigenvalue weighted by Gasteiger charge is 2.38. The minimum absolute atomic E-state index is 0.956. The lowest BCUT2D eigenvalue weighted by Gasteiger charge is -1.93. The van der Waals surface area contributed by atoms with Crippen LogP contribution in [0.3, 0.4) is 0 Å². The molecule has 0 radical (unpaired) electrons. The molecule has 0 spiro atoms. The molecule has 2 aromatic rings. The highest BCUT2D eigenvalue weighted by Crippen LogP contribution is 2.13. The fraction of sp³-hybridized carbons (Fsp3) is 0.100. The number of fused-ring (bicyclic) bond motifs is 1. The van der Waals surface area contributed by atoms with E-state index in [9.17, 15) is 13.2 Å². The summed E-state index contributed by atoms with van der Waals surface area (Å²) in [6, 6.07) is 9.90. The van der Waals surface area contributed by atoms with Crippen molar-refractivity contribution in [1.82, 2.24) is 0 Å². The van der Waals surface area contributed by atoms with Crippen LogP contribution in [0.5, 0.6) is 0 Å². The molecule has 0 aliphatic carbocycles. The summed E-state index contributed by atoms with van der Waals surface area (Å²) in [5, 5.41) is 8.29. The third-order valence-corrected chi connectivity index (χ3v) is 1.60. The summed E-state index contributed by atoms with van der Waals surface area (Å²) in [4.78, 5) is 8.90. The lowest BCUT2D eigenvalue weighted by atomic mass is 10.3. The van der Waals surface area contributed by atoms with Crippen LogP contribution < -0.4 is 0 Å². The molecule has 0 saturated heterocycles. The molecule has 0 saturated carbocycles. The SMILES string of the molecule is O=C(O)C(F)(F)F.c1ccc2occc2c1. The summed E-state index contributed by atoms with van der Waals surface area (Å²) in [5.74, 6) is -2.76. The van der Waals surface area contributed by atoms with Gasteiger partial charge in [0.25, 0.3) is 0 Å². The van der Waals surface area contributed by atoms with Crippen LogP contribution in [0.25, 0.3) is 11.0 Å². The molecular weight excluding hydrogens is 225 g/mol. The molecule has 0 amide bonds. The average Bonchev–Trinajstić information content (AvgIpc) is 2.64. The van der Waals surface area contributed by atoms with Crippen LogP contribution in [0.1, 0.15) is 0 Å². The van der Waals surface area contributed by atoms with E-state index < -0.39 is 12.1 Å².